The van der Waals surface area contributed by atoms with E-state index in [2.05, 4.69) is 43.0 Å². The van der Waals surface area contributed by atoms with E-state index in [1.807, 2.05) is 12.1 Å². The van der Waals surface area contributed by atoms with Gasteiger partial charge < -0.3 is 9.84 Å². The van der Waals surface area contributed by atoms with E-state index in [9.17, 15) is 5.11 Å². The summed E-state index contributed by atoms with van der Waals surface area (Å²) in [5.74, 6) is 0.681. The van der Waals surface area contributed by atoms with Gasteiger partial charge >= 0.3 is 0 Å². The first-order valence-electron chi connectivity index (χ1n) is 6.14. The largest absolute Gasteiger partial charge is 0.391 e. The Balaban J connectivity index is 1.91. The van der Waals surface area contributed by atoms with Gasteiger partial charge in [0.25, 0.3) is 0 Å². The van der Waals surface area contributed by atoms with Crippen molar-refractivity contribution >= 4 is 23.4 Å². The summed E-state index contributed by atoms with van der Waals surface area (Å²) in [6, 6.07) is 14.5. The van der Waals surface area contributed by atoms with Gasteiger partial charge in [-0.3, -0.25) is 0 Å². The Labute approximate surface area is 113 Å². The van der Waals surface area contributed by atoms with Crippen LogP contribution in [-0.4, -0.2) is 23.6 Å². The van der Waals surface area contributed by atoms with Crippen molar-refractivity contribution in [3.8, 4) is 0 Å². The number of hydrogen-bond acceptors (Lipinski definition) is 3. The molecule has 1 N–H and O–H groups in total. The summed E-state index contributed by atoms with van der Waals surface area (Å²) >= 11 is 4.08. The highest BCUT2D eigenvalue weighted by Gasteiger charge is 2.03. The van der Waals surface area contributed by atoms with Crippen molar-refractivity contribution in [1.82, 2.24) is 0 Å². The summed E-state index contributed by atoms with van der Waals surface area (Å²) in [6.07, 6.45) is 0.254. The maximum Gasteiger partial charge on any atom is 0.0781 e. The highest BCUT2D eigenvalue weighted by Crippen LogP contribution is 2.16. The molecule has 2 nitrogen and oxygen atoms in total. The lowest BCUT2D eigenvalue weighted by Gasteiger charge is -2.10. The van der Waals surface area contributed by atoms with Crippen LogP contribution in [0.25, 0.3) is 10.8 Å². The molecule has 0 heterocycles. The zero-order chi connectivity index (χ0) is 12.8. The second kappa shape index (κ2) is 6.78. The molecule has 0 bridgehead atoms. The van der Waals surface area contributed by atoms with E-state index >= 15 is 0 Å². The number of thiol groups is 1. The van der Waals surface area contributed by atoms with Crippen LogP contribution >= 0.6 is 12.6 Å². The van der Waals surface area contributed by atoms with Crippen molar-refractivity contribution in [3.05, 3.63) is 48.0 Å². The standard InChI is InChI=1S/C15H18O2S/c16-15(7-8-18)11-17-10-12-5-6-13-3-1-2-4-14(13)9-12/h1-6,9,15-16,18H,7-8,10-11H2. The van der Waals surface area contributed by atoms with Crippen LogP contribution in [0.5, 0.6) is 0 Å². The van der Waals surface area contributed by atoms with Crippen molar-refractivity contribution < 1.29 is 9.84 Å². The predicted molar refractivity (Wildman–Crippen MR) is 78.1 cm³/mol. The second-order valence-corrected chi connectivity index (χ2v) is 4.81. The topological polar surface area (TPSA) is 29.5 Å². The van der Waals surface area contributed by atoms with Crippen LogP contribution in [0, 0.1) is 0 Å². The minimum atomic E-state index is -0.414. The monoisotopic (exact) mass is 262 g/mol. The number of aliphatic hydroxyl groups is 1. The molecule has 0 amide bonds. The van der Waals surface area contributed by atoms with Gasteiger partial charge in [-0.2, -0.15) is 12.6 Å². The molecule has 1 unspecified atom stereocenters. The molecule has 18 heavy (non-hydrogen) atoms. The van der Waals surface area contributed by atoms with E-state index in [1.54, 1.807) is 0 Å². The molecule has 0 radical (unpaired) electrons. The fourth-order valence-corrected chi connectivity index (χ4v) is 2.17. The van der Waals surface area contributed by atoms with Crippen molar-refractivity contribution in [2.24, 2.45) is 0 Å². The van der Waals surface area contributed by atoms with Crippen LogP contribution in [0.3, 0.4) is 0 Å². The van der Waals surface area contributed by atoms with Gasteiger partial charge in [0.05, 0.1) is 19.3 Å². The number of hydrogen-bond donors (Lipinski definition) is 2. The van der Waals surface area contributed by atoms with Gasteiger partial charge in [0.15, 0.2) is 0 Å². The zero-order valence-corrected chi connectivity index (χ0v) is 11.1. The smallest absolute Gasteiger partial charge is 0.0781 e. The molecule has 0 aliphatic heterocycles. The molecule has 0 fully saturated rings. The molecule has 0 aliphatic rings. The molecule has 1 atom stereocenters. The lowest BCUT2D eigenvalue weighted by Crippen LogP contribution is -2.15. The van der Waals surface area contributed by atoms with Gasteiger partial charge in [0.1, 0.15) is 0 Å². The van der Waals surface area contributed by atoms with Crippen LogP contribution in [0.2, 0.25) is 0 Å². The Morgan fingerprint density at radius 2 is 1.89 bits per heavy atom. The molecule has 0 saturated carbocycles. The third-order valence-corrected chi connectivity index (χ3v) is 3.11. The summed E-state index contributed by atoms with van der Waals surface area (Å²) in [5.41, 5.74) is 1.13. The molecular weight excluding hydrogens is 244 g/mol. The molecule has 96 valence electrons. The first-order chi connectivity index (χ1) is 8.79. The SMILES string of the molecule is OC(CCS)COCc1ccc2ccccc2c1. The first-order valence-corrected chi connectivity index (χ1v) is 6.77. The van der Waals surface area contributed by atoms with E-state index in [0.717, 1.165) is 5.56 Å². The lowest BCUT2D eigenvalue weighted by atomic mass is 10.1. The third kappa shape index (κ3) is 3.73. The van der Waals surface area contributed by atoms with E-state index < -0.39 is 6.10 Å². The number of rotatable bonds is 6. The molecule has 0 spiro atoms. The molecule has 2 rings (SSSR count). The number of benzene rings is 2. The Morgan fingerprint density at radius 1 is 1.11 bits per heavy atom. The Bertz CT molecular complexity index is 499. The zero-order valence-electron chi connectivity index (χ0n) is 10.2. The highest BCUT2D eigenvalue weighted by atomic mass is 32.1. The fraction of sp³-hybridized carbons (Fsp3) is 0.333. The van der Waals surface area contributed by atoms with Crippen molar-refractivity contribution in [2.45, 2.75) is 19.1 Å². The van der Waals surface area contributed by atoms with Crippen molar-refractivity contribution in [1.29, 1.82) is 0 Å². The van der Waals surface area contributed by atoms with Crippen LogP contribution in [0.4, 0.5) is 0 Å². The van der Waals surface area contributed by atoms with Gasteiger partial charge in [-0.15, -0.1) is 0 Å². The molecule has 2 aromatic carbocycles. The summed E-state index contributed by atoms with van der Waals surface area (Å²) in [7, 11) is 0. The Hall–Kier alpha value is -1.03. The fourth-order valence-electron chi connectivity index (χ4n) is 1.87. The van der Waals surface area contributed by atoms with E-state index in [0.29, 0.717) is 25.4 Å². The summed E-state index contributed by atoms with van der Waals surface area (Å²) < 4.78 is 5.50. The quantitative estimate of drug-likeness (QED) is 0.784. The predicted octanol–water partition coefficient (Wildman–Crippen LogP) is 3.04. The molecular formula is C15H18O2S. The molecule has 0 aliphatic carbocycles. The van der Waals surface area contributed by atoms with Gasteiger partial charge in [-0.1, -0.05) is 36.4 Å². The van der Waals surface area contributed by atoms with Gasteiger partial charge in [-0.25, -0.2) is 0 Å². The van der Waals surface area contributed by atoms with Gasteiger partial charge in [-0.05, 0) is 34.6 Å². The number of ether oxygens (including phenoxy) is 1. The molecule has 0 saturated heterocycles. The van der Waals surface area contributed by atoms with Crippen LogP contribution in [0.15, 0.2) is 42.5 Å². The normalized spacial score (nSPS) is 12.8. The molecule has 3 heteroatoms. The maximum atomic E-state index is 9.53. The highest BCUT2D eigenvalue weighted by molar-refractivity contribution is 7.80. The molecule has 2 aromatic rings. The summed E-state index contributed by atoms with van der Waals surface area (Å²) in [5, 5.41) is 12.0. The van der Waals surface area contributed by atoms with Gasteiger partial charge in [0, 0.05) is 0 Å². The van der Waals surface area contributed by atoms with Crippen LogP contribution in [-0.2, 0) is 11.3 Å². The van der Waals surface area contributed by atoms with Crippen LogP contribution in [0.1, 0.15) is 12.0 Å². The van der Waals surface area contributed by atoms with E-state index in [-0.39, 0.29) is 0 Å². The van der Waals surface area contributed by atoms with Crippen LogP contribution < -0.4 is 0 Å². The Morgan fingerprint density at radius 3 is 2.67 bits per heavy atom. The van der Waals surface area contributed by atoms with E-state index in [1.165, 1.54) is 10.8 Å². The second-order valence-electron chi connectivity index (χ2n) is 4.36. The summed E-state index contributed by atoms with van der Waals surface area (Å²) in [6.45, 7) is 0.905. The minimum Gasteiger partial charge on any atom is -0.391 e. The average molecular weight is 262 g/mol. The first kappa shape index (κ1) is 13.4. The molecule has 0 aromatic heterocycles. The third-order valence-electron chi connectivity index (χ3n) is 2.86. The maximum absolute atomic E-state index is 9.53. The van der Waals surface area contributed by atoms with Gasteiger partial charge in [0.2, 0.25) is 0 Å². The average Bonchev–Trinajstić information content (AvgIpc) is 2.39. The minimum absolute atomic E-state index is 0.368. The number of fused-ring (bicyclic) bond motifs is 1. The van der Waals surface area contributed by atoms with Crippen molar-refractivity contribution in [2.75, 3.05) is 12.4 Å². The van der Waals surface area contributed by atoms with E-state index in [4.69, 9.17) is 4.74 Å². The lowest BCUT2D eigenvalue weighted by molar-refractivity contribution is 0.0275. The number of aliphatic hydroxyl groups excluding tert-OH is 1. The Kier molecular flexibility index (Phi) is 5.05. The summed E-state index contributed by atoms with van der Waals surface area (Å²) in [4.78, 5) is 0. The van der Waals surface area contributed by atoms with Crippen molar-refractivity contribution in [3.63, 3.8) is 0 Å².